The number of nitrogens with one attached hydrogen (secondary N) is 2. The summed E-state index contributed by atoms with van der Waals surface area (Å²) in [6, 6.07) is 8.28. The summed E-state index contributed by atoms with van der Waals surface area (Å²) in [6.07, 6.45) is 0.855. The molecule has 2 N–H and O–H groups in total. The van der Waals surface area contributed by atoms with Crippen LogP contribution in [0.25, 0.3) is 0 Å². The van der Waals surface area contributed by atoms with E-state index >= 15 is 0 Å². The Morgan fingerprint density at radius 3 is 2.58 bits per heavy atom. The Morgan fingerprint density at radius 2 is 2.00 bits per heavy atom. The lowest BCUT2D eigenvalue weighted by molar-refractivity contribution is 0.700. The topological polar surface area (TPSA) is 36.4 Å². The van der Waals surface area contributed by atoms with Crippen molar-refractivity contribution in [2.45, 2.75) is 33.2 Å². The molecule has 0 saturated heterocycles. The molecule has 0 aliphatic carbocycles. The predicted molar refractivity (Wildman–Crippen MR) is 94.8 cm³/mol. The Hall–Kier alpha value is -0.490. The highest BCUT2D eigenvalue weighted by atomic mass is 127. The average molecular weight is 396 g/mol. The number of rotatable bonds is 5. The largest absolute Gasteiger partial charge is 0.357 e. The van der Waals surface area contributed by atoms with Crippen LogP contribution in [0, 0.1) is 0 Å². The Kier molecular flexibility index (Phi) is 10.0. The highest BCUT2D eigenvalue weighted by Crippen LogP contribution is 2.15. The van der Waals surface area contributed by atoms with E-state index in [2.05, 4.69) is 36.4 Å². The van der Waals surface area contributed by atoms with Crippen molar-refractivity contribution in [1.82, 2.24) is 10.6 Å². The number of hydrogen-bond donors (Lipinski definition) is 2. The maximum absolute atomic E-state index is 6.11. The molecule has 0 bridgehead atoms. The van der Waals surface area contributed by atoms with Gasteiger partial charge in [0.15, 0.2) is 5.96 Å². The molecule has 0 aromatic heterocycles. The molecule has 1 aromatic carbocycles. The van der Waals surface area contributed by atoms with Crippen molar-refractivity contribution in [2.24, 2.45) is 4.99 Å². The fraction of sp³-hybridized carbons (Fsp3) is 0.500. The lowest BCUT2D eigenvalue weighted by Crippen LogP contribution is -2.41. The molecule has 0 radical (unpaired) electrons. The third-order valence-electron chi connectivity index (χ3n) is 2.38. The van der Waals surface area contributed by atoms with Gasteiger partial charge in [-0.15, -0.1) is 24.0 Å². The van der Waals surface area contributed by atoms with E-state index < -0.39 is 0 Å². The molecule has 1 rings (SSSR count). The van der Waals surface area contributed by atoms with E-state index in [1.807, 2.05) is 24.3 Å². The molecule has 3 nitrogen and oxygen atoms in total. The first kappa shape index (κ1) is 18.5. The van der Waals surface area contributed by atoms with Crippen LogP contribution < -0.4 is 10.6 Å². The van der Waals surface area contributed by atoms with Gasteiger partial charge in [0.25, 0.3) is 0 Å². The van der Waals surface area contributed by atoms with Crippen LogP contribution in [0.3, 0.4) is 0 Å². The van der Waals surface area contributed by atoms with Crippen LogP contribution in [-0.2, 0) is 6.42 Å². The molecular weight excluding hydrogens is 373 g/mol. The normalized spacial score (nSPS) is 11.1. The zero-order valence-corrected chi connectivity index (χ0v) is 14.8. The Balaban J connectivity index is 0.00000324. The summed E-state index contributed by atoms with van der Waals surface area (Å²) >= 11 is 6.11. The molecule has 0 amide bonds. The number of benzene rings is 1. The van der Waals surface area contributed by atoms with Gasteiger partial charge < -0.3 is 10.6 Å². The maximum atomic E-state index is 6.11. The number of aliphatic imine (C=N–C) groups is 1. The Labute approximate surface area is 138 Å². The lowest BCUT2D eigenvalue weighted by atomic mass is 10.1. The maximum Gasteiger partial charge on any atom is 0.191 e. The monoisotopic (exact) mass is 395 g/mol. The summed E-state index contributed by atoms with van der Waals surface area (Å²) in [6.45, 7) is 7.85. The van der Waals surface area contributed by atoms with E-state index in [-0.39, 0.29) is 24.0 Å². The first-order valence-electron chi connectivity index (χ1n) is 6.41. The minimum Gasteiger partial charge on any atom is -0.357 e. The molecule has 19 heavy (non-hydrogen) atoms. The Morgan fingerprint density at radius 1 is 1.32 bits per heavy atom. The van der Waals surface area contributed by atoms with E-state index in [9.17, 15) is 0 Å². The zero-order valence-electron chi connectivity index (χ0n) is 11.7. The van der Waals surface area contributed by atoms with Crippen LogP contribution in [0.15, 0.2) is 29.3 Å². The van der Waals surface area contributed by atoms with Crippen molar-refractivity contribution in [3.8, 4) is 0 Å². The molecule has 0 atom stereocenters. The first-order chi connectivity index (χ1) is 8.63. The van der Waals surface area contributed by atoms with Crippen molar-refractivity contribution in [1.29, 1.82) is 0 Å². The highest BCUT2D eigenvalue weighted by Gasteiger charge is 2.01. The number of halogens is 2. The molecule has 5 heteroatoms. The molecule has 0 fully saturated rings. The van der Waals surface area contributed by atoms with Gasteiger partial charge in [-0.3, -0.25) is 4.99 Å². The average Bonchev–Trinajstić information content (AvgIpc) is 2.31. The van der Waals surface area contributed by atoms with Gasteiger partial charge in [-0.25, -0.2) is 0 Å². The quantitative estimate of drug-likeness (QED) is 0.455. The SMILES string of the molecule is CCNC(=NCCc1ccccc1Cl)NC(C)C.I. The second-order valence-corrected chi connectivity index (χ2v) is 4.81. The van der Waals surface area contributed by atoms with Crippen molar-refractivity contribution >= 4 is 41.5 Å². The van der Waals surface area contributed by atoms with Gasteiger partial charge in [-0.05, 0) is 38.8 Å². The van der Waals surface area contributed by atoms with Gasteiger partial charge in [0.2, 0.25) is 0 Å². The van der Waals surface area contributed by atoms with Crippen LogP contribution in [0.4, 0.5) is 0 Å². The summed E-state index contributed by atoms with van der Waals surface area (Å²) in [7, 11) is 0. The van der Waals surface area contributed by atoms with Gasteiger partial charge in [-0.1, -0.05) is 29.8 Å². The first-order valence-corrected chi connectivity index (χ1v) is 6.79. The molecule has 0 saturated carbocycles. The van der Waals surface area contributed by atoms with Gasteiger partial charge in [-0.2, -0.15) is 0 Å². The molecule has 1 aromatic rings. The second kappa shape index (κ2) is 10.3. The zero-order chi connectivity index (χ0) is 13.4. The minimum atomic E-state index is 0. The van der Waals surface area contributed by atoms with E-state index in [0.717, 1.165) is 36.1 Å². The van der Waals surface area contributed by atoms with Crippen LogP contribution in [0.2, 0.25) is 5.02 Å². The van der Waals surface area contributed by atoms with Crippen molar-refractivity contribution in [2.75, 3.05) is 13.1 Å². The van der Waals surface area contributed by atoms with Crippen molar-refractivity contribution in [3.63, 3.8) is 0 Å². The van der Waals surface area contributed by atoms with Crippen molar-refractivity contribution in [3.05, 3.63) is 34.9 Å². The molecule has 0 spiro atoms. The third-order valence-corrected chi connectivity index (χ3v) is 2.75. The number of nitrogens with zero attached hydrogens (tertiary/aromatic N) is 1. The summed E-state index contributed by atoms with van der Waals surface area (Å²) in [5.41, 5.74) is 1.14. The Bertz CT molecular complexity index is 394. The third kappa shape index (κ3) is 7.62. The second-order valence-electron chi connectivity index (χ2n) is 4.40. The fourth-order valence-electron chi connectivity index (χ4n) is 1.58. The number of guanidine groups is 1. The summed E-state index contributed by atoms with van der Waals surface area (Å²) in [5.74, 6) is 0.861. The lowest BCUT2D eigenvalue weighted by Gasteiger charge is -2.13. The standard InChI is InChI=1S/C14H22ClN3.HI/c1-4-16-14(18-11(2)3)17-10-9-12-7-5-6-8-13(12)15;/h5-8,11H,4,9-10H2,1-3H3,(H2,16,17,18);1H. The van der Waals surface area contributed by atoms with Gasteiger partial charge in [0, 0.05) is 24.2 Å². The number of hydrogen-bond acceptors (Lipinski definition) is 1. The van der Waals surface area contributed by atoms with Gasteiger partial charge in [0.05, 0.1) is 0 Å². The van der Waals surface area contributed by atoms with Crippen LogP contribution in [-0.4, -0.2) is 25.1 Å². The van der Waals surface area contributed by atoms with Crippen molar-refractivity contribution < 1.29 is 0 Å². The highest BCUT2D eigenvalue weighted by molar-refractivity contribution is 14.0. The van der Waals surface area contributed by atoms with Crippen LogP contribution in [0.5, 0.6) is 0 Å². The van der Waals surface area contributed by atoms with Crippen LogP contribution >= 0.6 is 35.6 Å². The molecule has 0 heterocycles. The van der Waals surface area contributed by atoms with E-state index in [1.54, 1.807) is 0 Å². The van der Waals surface area contributed by atoms with E-state index in [1.165, 1.54) is 0 Å². The van der Waals surface area contributed by atoms with Crippen LogP contribution in [0.1, 0.15) is 26.3 Å². The van der Waals surface area contributed by atoms with Gasteiger partial charge >= 0.3 is 0 Å². The molecule has 108 valence electrons. The van der Waals surface area contributed by atoms with Gasteiger partial charge in [0.1, 0.15) is 0 Å². The molecular formula is C14H23ClIN3. The van der Waals surface area contributed by atoms with E-state index in [0.29, 0.717) is 6.04 Å². The van der Waals surface area contributed by atoms with E-state index in [4.69, 9.17) is 11.6 Å². The molecule has 0 unspecified atom stereocenters. The summed E-state index contributed by atoms with van der Waals surface area (Å²) in [5, 5.41) is 7.32. The smallest absolute Gasteiger partial charge is 0.191 e. The summed E-state index contributed by atoms with van der Waals surface area (Å²) in [4.78, 5) is 4.53. The minimum absolute atomic E-state index is 0. The molecule has 0 aliphatic rings. The fourth-order valence-corrected chi connectivity index (χ4v) is 1.81. The molecule has 0 aliphatic heterocycles. The summed E-state index contributed by atoms with van der Waals surface area (Å²) < 4.78 is 0. The predicted octanol–water partition coefficient (Wildman–Crippen LogP) is 3.46.